The minimum absolute atomic E-state index is 0.0456. The van der Waals surface area contributed by atoms with Crippen LogP contribution in [-0.2, 0) is 9.53 Å². The summed E-state index contributed by atoms with van der Waals surface area (Å²) in [5.74, 6) is -1.31. The third-order valence-electron chi connectivity index (χ3n) is 3.22. The molecule has 0 heterocycles. The Morgan fingerprint density at radius 3 is 2.71 bits per heavy atom. The van der Waals surface area contributed by atoms with Gasteiger partial charge in [0.05, 0.1) is 17.1 Å². The number of hydrogen-bond donors (Lipinski definition) is 3. The smallest absolute Gasteiger partial charge is 0.341 e. The van der Waals surface area contributed by atoms with E-state index in [4.69, 9.17) is 9.84 Å². The van der Waals surface area contributed by atoms with Crippen molar-refractivity contribution in [2.45, 2.75) is 26.3 Å². The van der Waals surface area contributed by atoms with Gasteiger partial charge in [-0.3, -0.25) is 14.9 Å². The summed E-state index contributed by atoms with van der Waals surface area (Å²) < 4.78 is 4.91. The van der Waals surface area contributed by atoms with Gasteiger partial charge in [0, 0.05) is 30.4 Å². The van der Waals surface area contributed by atoms with Crippen LogP contribution in [0, 0.1) is 10.1 Å². The number of aliphatic hydroxyl groups excluding tert-OH is 1. The Bertz CT molecular complexity index is 605. The fourth-order valence-electron chi connectivity index (χ4n) is 1.79. The van der Waals surface area contributed by atoms with Crippen molar-refractivity contribution in [3.63, 3.8) is 0 Å². The van der Waals surface area contributed by atoms with Crippen molar-refractivity contribution in [3.05, 3.63) is 33.9 Å². The van der Waals surface area contributed by atoms with Crippen LogP contribution in [0.2, 0.25) is 0 Å². The molecule has 132 valence electrons. The van der Waals surface area contributed by atoms with Crippen LogP contribution >= 0.6 is 0 Å². The maximum absolute atomic E-state index is 12.1. The van der Waals surface area contributed by atoms with E-state index in [1.54, 1.807) is 0 Å². The molecule has 1 rings (SSSR count). The molecule has 0 saturated heterocycles. The number of nitrogens with zero attached hydrogens (tertiary/aromatic N) is 1. The highest BCUT2D eigenvalue weighted by atomic mass is 16.6. The Morgan fingerprint density at radius 1 is 1.42 bits per heavy atom. The van der Waals surface area contributed by atoms with Crippen molar-refractivity contribution in [3.8, 4) is 0 Å². The number of ether oxygens (including phenoxy) is 1. The molecule has 0 aromatic heterocycles. The predicted molar refractivity (Wildman–Crippen MR) is 86.9 cm³/mol. The first kappa shape index (κ1) is 19.4. The second-order valence-electron chi connectivity index (χ2n) is 5.09. The van der Waals surface area contributed by atoms with Crippen LogP contribution in [0.1, 0.15) is 30.6 Å². The summed E-state index contributed by atoms with van der Waals surface area (Å²) in [6.45, 7) is 3.22. The van der Waals surface area contributed by atoms with Gasteiger partial charge in [0.1, 0.15) is 0 Å². The highest BCUT2D eigenvalue weighted by Crippen LogP contribution is 2.23. The van der Waals surface area contributed by atoms with E-state index in [2.05, 4.69) is 10.6 Å². The molecular weight excluding hydrogens is 318 g/mol. The fraction of sp³-hybridized carbons (Fsp3) is 0.467. The van der Waals surface area contributed by atoms with Crippen molar-refractivity contribution in [1.82, 2.24) is 5.32 Å². The molecule has 1 aromatic rings. The van der Waals surface area contributed by atoms with Crippen LogP contribution in [-0.4, -0.2) is 47.7 Å². The molecule has 0 fully saturated rings. The van der Waals surface area contributed by atoms with Gasteiger partial charge in [-0.05, 0) is 19.4 Å². The van der Waals surface area contributed by atoms with Crippen LogP contribution in [0.25, 0.3) is 0 Å². The summed E-state index contributed by atoms with van der Waals surface area (Å²) in [6.07, 6.45) is 0.736. The second-order valence-corrected chi connectivity index (χ2v) is 5.09. The maximum Gasteiger partial charge on any atom is 0.341 e. The number of anilines is 1. The van der Waals surface area contributed by atoms with Crippen LogP contribution in [0.15, 0.2) is 18.2 Å². The number of amides is 1. The maximum atomic E-state index is 12.1. The van der Waals surface area contributed by atoms with E-state index in [9.17, 15) is 19.7 Å². The second kappa shape index (κ2) is 9.46. The van der Waals surface area contributed by atoms with Gasteiger partial charge in [-0.1, -0.05) is 6.92 Å². The van der Waals surface area contributed by atoms with Gasteiger partial charge in [-0.2, -0.15) is 0 Å². The lowest BCUT2D eigenvalue weighted by Gasteiger charge is -2.13. The zero-order valence-electron chi connectivity index (χ0n) is 13.6. The molecule has 0 aliphatic heterocycles. The lowest BCUT2D eigenvalue weighted by molar-refractivity contribution is -0.384. The molecule has 0 bridgehead atoms. The molecule has 1 aromatic carbocycles. The van der Waals surface area contributed by atoms with Gasteiger partial charge < -0.3 is 20.5 Å². The number of rotatable bonds is 9. The Kier molecular flexibility index (Phi) is 7.63. The Balaban J connectivity index is 2.84. The van der Waals surface area contributed by atoms with E-state index in [0.717, 1.165) is 12.5 Å². The van der Waals surface area contributed by atoms with Crippen LogP contribution in [0.3, 0.4) is 0 Å². The standard InChI is InChI=1S/C15H21N3O6/c1-3-10(2)17-14(20)9-24-15(21)12-8-11(18(22)23)4-5-13(12)16-6-7-19/h4-5,8,10,16,19H,3,6-7,9H2,1-2H3,(H,17,20)/t10-/m0/s1. The molecule has 0 spiro atoms. The molecule has 1 atom stereocenters. The first-order valence-electron chi connectivity index (χ1n) is 7.48. The van der Waals surface area contributed by atoms with E-state index in [0.29, 0.717) is 0 Å². The van der Waals surface area contributed by atoms with E-state index in [1.165, 1.54) is 12.1 Å². The van der Waals surface area contributed by atoms with Crippen LogP contribution < -0.4 is 10.6 Å². The summed E-state index contributed by atoms with van der Waals surface area (Å²) in [6, 6.07) is 3.60. The number of hydrogen-bond acceptors (Lipinski definition) is 7. The quantitative estimate of drug-likeness (QED) is 0.348. The van der Waals surface area contributed by atoms with Gasteiger partial charge in [-0.25, -0.2) is 4.79 Å². The first-order chi connectivity index (χ1) is 11.4. The molecular formula is C15H21N3O6. The van der Waals surface area contributed by atoms with E-state index >= 15 is 0 Å². The molecule has 0 unspecified atom stereocenters. The number of aliphatic hydroxyl groups is 1. The normalized spacial score (nSPS) is 11.5. The molecule has 0 aliphatic carbocycles. The van der Waals surface area contributed by atoms with Crippen LogP contribution in [0.4, 0.5) is 11.4 Å². The van der Waals surface area contributed by atoms with E-state index < -0.39 is 23.4 Å². The Hall–Kier alpha value is -2.68. The van der Waals surface area contributed by atoms with Crippen molar-refractivity contribution < 1.29 is 24.4 Å². The average Bonchev–Trinajstić information content (AvgIpc) is 2.57. The first-order valence-corrected chi connectivity index (χ1v) is 7.48. The number of nitrogens with one attached hydrogen (secondary N) is 2. The van der Waals surface area contributed by atoms with Gasteiger partial charge >= 0.3 is 5.97 Å². The molecule has 0 saturated carbocycles. The topological polar surface area (TPSA) is 131 Å². The van der Waals surface area contributed by atoms with Crippen molar-refractivity contribution in [1.29, 1.82) is 0 Å². The fourth-order valence-corrected chi connectivity index (χ4v) is 1.79. The molecule has 0 radical (unpaired) electrons. The molecule has 9 heteroatoms. The Morgan fingerprint density at radius 2 is 2.12 bits per heavy atom. The van der Waals surface area contributed by atoms with E-state index in [-0.39, 0.29) is 36.1 Å². The number of nitro benzene ring substituents is 1. The van der Waals surface area contributed by atoms with E-state index in [1.807, 2.05) is 13.8 Å². The monoisotopic (exact) mass is 339 g/mol. The highest BCUT2D eigenvalue weighted by Gasteiger charge is 2.19. The zero-order chi connectivity index (χ0) is 18.1. The number of non-ortho nitro benzene ring substituents is 1. The molecule has 1 amide bonds. The predicted octanol–water partition coefficient (Wildman–Crippen LogP) is 1.07. The molecule has 9 nitrogen and oxygen atoms in total. The number of carbonyl (C=O) groups excluding carboxylic acids is 2. The zero-order valence-corrected chi connectivity index (χ0v) is 13.6. The summed E-state index contributed by atoms with van der Waals surface area (Å²) in [5.41, 5.74) is -0.0727. The number of carbonyl (C=O) groups is 2. The lowest BCUT2D eigenvalue weighted by Crippen LogP contribution is -2.35. The number of benzene rings is 1. The van der Waals surface area contributed by atoms with Gasteiger partial charge in [0.15, 0.2) is 6.61 Å². The number of esters is 1. The third kappa shape index (κ3) is 5.84. The number of nitro groups is 1. The minimum atomic E-state index is -0.863. The highest BCUT2D eigenvalue weighted by molar-refractivity contribution is 5.97. The minimum Gasteiger partial charge on any atom is -0.452 e. The Labute approximate surface area is 139 Å². The summed E-state index contributed by atoms with van der Waals surface area (Å²) in [7, 11) is 0. The van der Waals surface area contributed by atoms with Crippen LogP contribution in [0.5, 0.6) is 0 Å². The van der Waals surface area contributed by atoms with Gasteiger partial charge in [-0.15, -0.1) is 0 Å². The molecule has 24 heavy (non-hydrogen) atoms. The molecule has 0 aliphatic rings. The van der Waals surface area contributed by atoms with Crippen molar-refractivity contribution >= 4 is 23.3 Å². The van der Waals surface area contributed by atoms with Crippen molar-refractivity contribution in [2.24, 2.45) is 0 Å². The summed E-state index contributed by atoms with van der Waals surface area (Å²) in [5, 5.41) is 25.1. The third-order valence-corrected chi connectivity index (χ3v) is 3.22. The average molecular weight is 339 g/mol. The molecule has 3 N–H and O–H groups in total. The largest absolute Gasteiger partial charge is 0.452 e. The summed E-state index contributed by atoms with van der Waals surface area (Å²) >= 11 is 0. The SMILES string of the molecule is CC[C@H](C)NC(=O)COC(=O)c1cc([N+](=O)[O-])ccc1NCCO. The van der Waals surface area contributed by atoms with Crippen molar-refractivity contribution in [2.75, 3.05) is 25.1 Å². The van der Waals surface area contributed by atoms with Gasteiger partial charge in [0.2, 0.25) is 0 Å². The lowest BCUT2D eigenvalue weighted by atomic mass is 10.1. The van der Waals surface area contributed by atoms with Gasteiger partial charge in [0.25, 0.3) is 11.6 Å². The summed E-state index contributed by atoms with van der Waals surface area (Å²) in [4.78, 5) is 34.0.